The summed E-state index contributed by atoms with van der Waals surface area (Å²) >= 11 is 14.3. The molecule has 0 radical (unpaired) electrons. The minimum absolute atomic E-state index is 0.112. The molecule has 1 N–H and O–H groups in total. The van der Waals surface area contributed by atoms with Crippen LogP contribution in [0.3, 0.4) is 0 Å². The Morgan fingerprint density at radius 2 is 1.00 bits per heavy atom. The van der Waals surface area contributed by atoms with Crippen molar-refractivity contribution in [2.75, 3.05) is 12.8 Å². The molecule has 0 aliphatic heterocycles. The molecule has 3 aromatic rings. The van der Waals surface area contributed by atoms with Gasteiger partial charge in [-0.3, -0.25) is 0 Å². The summed E-state index contributed by atoms with van der Waals surface area (Å²) in [6.45, 7) is -0.112. The predicted octanol–water partition coefficient (Wildman–Crippen LogP) is 4.27. The second kappa shape index (κ2) is 7.48. The van der Waals surface area contributed by atoms with E-state index in [2.05, 4.69) is 36.4 Å². The van der Waals surface area contributed by atoms with E-state index in [0.717, 1.165) is 15.9 Å². The van der Waals surface area contributed by atoms with Crippen LogP contribution in [0.15, 0.2) is 91.0 Å². The van der Waals surface area contributed by atoms with Gasteiger partial charge in [0, 0.05) is 0 Å². The van der Waals surface area contributed by atoms with Crippen molar-refractivity contribution >= 4 is 44.7 Å². The quantitative estimate of drug-likeness (QED) is 0.492. The number of alkyl halides is 1. The van der Waals surface area contributed by atoms with Gasteiger partial charge in [0.2, 0.25) is 0 Å². The molecule has 0 saturated carbocycles. The van der Waals surface area contributed by atoms with Gasteiger partial charge in [0.15, 0.2) is 0 Å². The van der Waals surface area contributed by atoms with Crippen molar-refractivity contribution in [2.45, 2.75) is 5.38 Å². The molecule has 0 fully saturated rings. The van der Waals surface area contributed by atoms with Gasteiger partial charge in [0.05, 0.1) is 0 Å². The van der Waals surface area contributed by atoms with Crippen molar-refractivity contribution in [1.82, 2.24) is 0 Å². The normalized spacial score (nSPS) is 14.4. The first kappa shape index (κ1) is 18.4. The summed E-state index contributed by atoms with van der Waals surface area (Å²) in [7, 11) is 0. The van der Waals surface area contributed by atoms with Crippen LogP contribution in [0.25, 0.3) is 0 Å². The summed E-state index contributed by atoms with van der Waals surface area (Å²) in [5, 5.41) is 12.4. The van der Waals surface area contributed by atoms with Crippen LogP contribution in [-0.2, 0) is 0 Å². The van der Waals surface area contributed by atoms with Crippen molar-refractivity contribution in [3.63, 3.8) is 0 Å². The Hall–Kier alpha value is -1.37. The van der Waals surface area contributed by atoms with Crippen LogP contribution in [0.5, 0.6) is 0 Å². The van der Waals surface area contributed by atoms with E-state index in [-0.39, 0.29) is 6.61 Å². The summed E-state index contributed by atoms with van der Waals surface area (Å²) in [6.07, 6.45) is 0.489. The molecular weight excluding hydrogens is 370 g/mol. The van der Waals surface area contributed by atoms with Gasteiger partial charge in [-0.1, -0.05) is 0 Å². The zero-order chi connectivity index (χ0) is 17.8. The maximum absolute atomic E-state index is 9.68. The molecule has 0 saturated heterocycles. The molecule has 0 aliphatic carbocycles. The first-order chi connectivity index (χ1) is 12.1. The van der Waals surface area contributed by atoms with E-state index in [1.54, 1.807) is 0 Å². The number of halogens is 2. The predicted molar refractivity (Wildman–Crippen MR) is 113 cm³/mol. The second-order valence-corrected chi connectivity index (χ2v) is 13.3. The molecule has 0 aromatic heterocycles. The molecule has 1 unspecified atom stereocenters. The standard InChI is InChI=1S/C21H21Cl2OP/c22-18(16-24)17-25(23,19-10-4-1-5-11-19,20-12-6-2-7-13-20)21-14-8-3-9-15-21/h1-15,18,24H,16-17H2. The Morgan fingerprint density at radius 1 is 0.680 bits per heavy atom. The molecule has 0 heterocycles. The van der Waals surface area contributed by atoms with E-state index < -0.39 is 11.3 Å². The van der Waals surface area contributed by atoms with Crippen LogP contribution in [0, 0.1) is 0 Å². The minimum atomic E-state index is -3.34. The summed E-state index contributed by atoms with van der Waals surface area (Å²) < 4.78 is 0. The maximum atomic E-state index is 9.68. The van der Waals surface area contributed by atoms with Crippen molar-refractivity contribution in [3.05, 3.63) is 91.0 Å². The molecule has 1 nitrogen and oxygen atoms in total. The monoisotopic (exact) mass is 390 g/mol. The van der Waals surface area contributed by atoms with Gasteiger partial charge in [-0.05, 0) is 0 Å². The number of aliphatic hydroxyl groups excluding tert-OH is 1. The molecule has 3 aromatic carbocycles. The SMILES string of the molecule is OCC(Cl)CP(Cl)(c1ccccc1)(c1ccccc1)c1ccccc1. The van der Waals surface area contributed by atoms with Crippen LogP contribution in [0.4, 0.5) is 0 Å². The molecule has 0 bridgehead atoms. The average Bonchev–Trinajstić information content (AvgIpc) is 2.70. The zero-order valence-corrected chi connectivity index (χ0v) is 16.2. The second-order valence-electron chi connectivity index (χ2n) is 6.15. The van der Waals surface area contributed by atoms with Crippen LogP contribution in [0.1, 0.15) is 0 Å². The number of rotatable bonds is 6. The van der Waals surface area contributed by atoms with Gasteiger partial charge < -0.3 is 0 Å². The third-order valence-electron chi connectivity index (χ3n) is 4.62. The molecule has 3 rings (SSSR count). The Labute approximate surface area is 159 Å². The van der Waals surface area contributed by atoms with Gasteiger partial charge in [0.25, 0.3) is 0 Å². The summed E-state index contributed by atoms with van der Waals surface area (Å²) in [6, 6.07) is 30.5. The number of hydrogen-bond acceptors (Lipinski definition) is 1. The van der Waals surface area contributed by atoms with Gasteiger partial charge in [-0.15, -0.1) is 0 Å². The molecule has 130 valence electrons. The van der Waals surface area contributed by atoms with Crippen molar-refractivity contribution in [2.24, 2.45) is 0 Å². The number of aliphatic hydroxyl groups is 1. The molecule has 4 heteroatoms. The van der Waals surface area contributed by atoms with Gasteiger partial charge in [-0.25, -0.2) is 0 Å². The van der Waals surface area contributed by atoms with Gasteiger partial charge >= 0.3 is 159 Å². The van der Waals surface area contributed by atoms with Crippen LogP contribution >= 0.6 is 28.8 Å². The Kier molecular flexibility index (Phi) is 5.51. The van der Waals surface area contributed by atoms with E-state index >= 15 is 0 Å². The summed E-state index contributed by atoms with van der Waals surface area (Å²) in [4.78, 5) is 0. The number of benzene rings is 3. The zero-order valence-electron chi connectivity index (χ0n) is 13.8. The fourth-order valence-corrected chi connectivity index (χ4v) is 10.7. The van der Waals surface area contributed by atoms with E-state index in [1.165, 1.54) is 0 Å². The number of hydrogen-bond donors (Lipinski definition) is 1. The molecule has 25 heavy (non-hydrogen) atoms. The van der Waals surface area contributed by atoms with Crippen molar-refractivity contribution in [1.29, 1.82) is 0 Å². The van der Waals surface area contributed by atoms with Crippen molar-refractivity contribution < 1.29 is 5.11 Å². The fourth-order valence-electron chi connectivity index (χ4n) is 3.41. The van der Waals surface area contributed by atoms with E-state index in [4.69, 9.17) is 22.8 Å². The van der Waals surface area contributed by atoms with Gasteiger partial charge in [0.1, 0.15) is 0 Å². The summed E-state index contributed by atoms with van der Waals surface area (Å²) in [5.41, 5.74) is 0. The first-order valence-corrected chi connectivity index (χ1v) is 12.0. The average molecular weight is 391 g/mol. The van der Waals surface area contributed by atoms with E-state index in [1.807, 2.05) is 54.6 Å². The van der Waals surface area contributed by atoms with Gasteiger partial charge in [-0.2, -0.15) is 0 Å². The topological polar surface area (TPSA) is 20.2 Å². The van der Waals surface area contributed by atoms with E-state index in [9.17, 15) is 5.11 Å². The Morgan fingerprint density at radius 3 is 1.28 bits per heavy atom. The van der Waals surface area contributed by atoms with E-state index in [0.29, 0.717) is 6.16 Å². The Bertz CT molecular complexity index is 710. The molecule has 0 amide bonds. The third kappa shape index (κ3) is 3.23. The third-order valence-corrected chi connectivity index (χ3v) is 12.6. The molecule has 0 aliphatic rings. The Balaban J connectivity index is 2.40. The van der Waals surface area contributed by atoms with Crippen molar-refractivity contribution in [3.8, 4) is 0 Å². The van der Waals surface area contributed by atoms with Crippen LogP contribution in [0.2, 0.25) is 0 Å². The molecular formula is C21H21Cl2OP. The fraction of sp³-hybridized carbons (Fsp3) is 0.143. The first-order valence-electron chi connectivity index (χ1n) is 8.24. The molecule has 0 spiro atoms. The van der Waals surface area contributed by atoms with Crippen LogP contribution in [-0.4, -0.2) is 23.3 Å². The molecule has 1 atom stereocenters. The summed E-state index contributed by atoms with van der Waals surface area (Å²) in [5.74, 6) is -3.34. The van der Waals surface area contributed by atoms with Crippen LogP contribution < -0.4 is 15.9 Å².